The number of amides is 2. The fourth-order valence-electron chi connectivity index (χ4n) is 3.66. The molecule has 7 heteroatoms. The zero-order valence-corrected chi connectivity index (χ0v) is 15.6. The van der Waals surface area contributed by atoms with Gasteiger partial charge in [0.05, 0.1) is 12.5 Å². The first-order valence-electron chi connectivity index (χ1n) is 9.15. The van der Waals surface area contributed by atoms with Crippen LogP contribution in [0.5, 0.6) is 0 Å². The Bertz CT molecular complexity index is 860. The molecule has 1 unspecified atom stereocenters. The van der Waals surface area contributed by atoms with Crippen LogP contribution in [0, 0.1) is 11.6 Å². The quantitative estimate of drug-likeness (QED) is 0.828. The van der Waals surface area contributed by atoms with Crippen LogP contribution < -0.4 is 11.1 Å². The lowest BCUT2D eigenvalue weighted by Gasteiger charge is -2.22. The molecule has 2 aromatic rings. The zero-order valence-electron chi connectivity index (χ0n) is 15.6. The number of hydrogen-bond acceptors (Lipinski definition) is 3. The Labute approximate surface area is 162 Å². The molecule has 1 heterocycles. The SMILES string of the molecule is CC(=O)NC(CC(=O)N1C[C@@H](N)[C@H](c2ccccc2)C1)c1ccc(F)cc1F. The number of carbonyl (C=O) groups is 2. The van der Waals surface area contributed by atoms with E-state index in [1.807, 2.05) is 30.3 Å². The molecule has 28 heavy (non-hydrogen) atoms. The highest BCUT2D eigenvalue weighted by Crippen LogP contribution is 2.28. The summed E-state index contributed by atoms with van der Waals surface area (Å²) in [5, 5.41) is 2.58. The smallest absolute Gasteiger partial charge is 0.225 e. The van der Waals surface area contributed by atoms with Crippen molar-refractivity contribution in [2.75, 3.05) is 13.1 Å². The van der Waals surface area contributed by atoms with Gasteiger partial charge in [0, 0.05) is 43.6 Å². The highest BCUT2D eigenvalue weighted by molar-refractivity contribution is 5.79. The maximum atomic E-state index is 14.2. The minimum Gasteiger partial charge on any atom is -0.349 e. The Hall–Kier alpha value is -2.80. The van der Waals surface area contributed by atoms with Gasteiger partial charge in [0.15, 0.2) is 0 Å². The van der Waals surface area contributed by atoms with Crippen LogP contribution in [0.2, 0.25) is 0 Å². The van der Waals surface area contributed by atoms with E-state index in [0.29, 0.717) is 13.1 Å². The summed E-state index contributed by atoms with van der Waals surface area (Å²) < 4.78 is 27.4. The van der Waals surface area contributed by atoms with E-state index in [0.717, 1.165) is 17.7 Å². The number of hydrogen-bond donors (Lipinski definition) is 2. The van der Waals surface area contributed by atoms with Gasteiger partial charge in [0.1, 0.15) is 11.6 Å². The Morgan fingerprint density at radius 1 is 1.18 bits per heavy atom. The molecule has 0 spiro atoms. The van der Waals surface area contributed by atoms with E-state index in [1.165, 1.54) is 13.0 Å². The maximum absolute atomic E-state index is 14.2. The van der Waals surface area contributed by atoms with Gasteiger partial charge >= 0.3 is 0 Å². The van der Waals surface area contributed by atoms with E-state index < -0.39 is 23.6 Å². The van der Waals surface area contributed by atoms with Gasteiger partial charge in [0.2, 0.25) is 11.8 Å². The third-order valence-electron chi connectivity index (χ3n) is 5.04. The van der Waals surface area contributed by atoms with E-state index in [2.05, 4.69) is 5.32 Å². The van der Waals surface area contributed by atoms with Crippen LogP contribution in [0.15, 0.2) is 48.5 Å². The lowest BCUT2D eigenvalue weighted by Crippen LogP contribution is -2.36. The van der Waals surface area contributed by atoms with Crippen LogP contribution in [0.25, 0.3) is 0 Å². The van der Waals surface area contributed by atoms with Crippen molar-refractivity contribution in [3.63, 3.8) is 0 Å². The van der Waals surface area contributed by atoms with Crippen molar-refractivity contribution < 1.29 is 18.4 Å². The fourth-order valence-corrected chi connectivity index (χ4v) is 3.66. The van der Waals surface area contributed by atoms with Gasteiger partial charge in [-0.1, -0.05) is 36.4 Å². The first kappa shape index (κ1) is 19.9. The summed E-state index contributed by atoms with van der Waals surface area (Å²) >= 11 is 0. The average Bonchev–Trinajstić information content (AvgIpc) is 3.03. The lowest BCUT2D eigenvalue weighted by atomic mass is 9.95. The molecule has 0 saturated carbocycles. The van der Waals surface area contributed by atoms with Gasteiger partial charge in [-0.2, -0.15) is 0 Å². The van der Waals surface area contributed by atoms with Gasteiger partial charge in [-0.3, -0.25) is 9.59 Å². The normalized spacial score (nSPS) is 20.1. The minimum absolute atomic E-state index is 0.0203. The van der Waals surface area contributed by atoms with Crippen molar-refractivity contribution in [3.05, 3.63) is 71.3 Å². The van der Waals surface area contributed by atoms with Crippen LogP contribution in [0.3, 0.4) is 0 Å². The summed E-state index contributed by atoms with van der Waals surface area (Å²) in [4.78, 5) is 26.0. The molecule has 0 aromatic heterocycles. The number of carbonyl (C=O) groups excluding carboxylic acids is 2. The summed E-state index contributed by atoms with van der Waals surface area (Å²) in [5.41, 5.74) is 7.38. The number of benzene rings is 2. The highest BCUT2D eigenvalue weighted by Gasteiger charge is 2.35. The van der Waals surface area contributed by atoms with Crippen LogP contribution in [0.1, 0.15) is 36.4 Å². The molecule has 1 aliphatic rings. The molecule has 0 radical (unpaired) electrons. The molecular weight excluding hydrogens is 364 g/mol. The number of nitrogens with one attached hydrogen (secondary N) is 1. The second kappa shape index (κ2) is 8.48. The molecule has 3 rings (SSSR count). The molecule has 2 aromatic carbocycles. The van der Waals surface area contributed by atoms with Crippen molar-refractivity contribution in [2.45, 2.75) is 31.3 Å². The first-order valence-corrected chi connectivity index (χ1v) is 9.15. The number of likely N-dealkylation sites (tertiary alicyclic amines) is 1. The van der Waals surface area contributed by atoms with Gasteiger partial charge in [-0.25, -0.2) is 8.78 Å². The topological polar surface area (TPSA) is 75.4 Å². The van der Waals surface area contributed by atoms with Crippen molar-refractivity contribution in [1.82, 2.24) is 10.2 Å². The summed E-state index contributed by atoms with van der Waals surface area (Å²) in [6.07, 6.45) is -0.129. The number of nitrogens with zero attached hydrogens (tertiary/aromatic N) is 1. The Morgan fingerprint density at radius 2 is 1.89 bits per heavy atom. The first-order chi connectivity index (χ1) is 13.3. The molecule has 2 amide bonds. The molecule has 0 bridgehead atoms. The highest BCUT2D eigenvalue weighted by atomic mass is 19.1. The summed E-state index contributed by atoms with van der Waals surface area (Å²) in [6, 6.07) is 11.8. The van der Waals surface area contributed by atoms with Crippen LogP contribution >= 0.6 is 0 Å². The van der Waals surface area contributed by atoms with Gasteiger partial charge < -0.3 is 16.0 Å². The van der Waals surface area contributed by atoms with Gasteiger partial charge in [0.25, 0.3) is 0 Å². The lowest BCUT2D eigenvalue weighted by molar-refractivity contribution is -0.131. The predicted molar refractivity (Wildman–Crippen MR) is 101 cm³/mol. The van der Waals surface area contributed by atoms with Crippen LogP contribution in [-0.4, -0.2) is 35.8 Å². The van der Waals surface area contributed by atoms with E-state index in [1.54, 1.807) is 4.90 Å². The Kier molecular flexibility index (Phi) is 6.04. The Balaban J connectivity index is 1.74. The third kappa shape index (κ3) is 4.54. The van der Waals surface area contributed by atoms with E-state index >= 15 is 0 Å². The van der Waals surface area contributed by atoms with E-state index in [9.17, 15) is 18.4 Å². The van der Waals surface area contributed by atoms with Gasteiger partial charge in [-0.05, 0) is 11.6 Å². The minimum atomic E-state index is -0.877. The van der Waals surface area contributed by atoms with Crippen molar-refractivity contribution >= 4 is 11.8 Å². The average molecular weight is 387 g/mol. The second-order valence-corrected chi connectivity index (χ2v) is 7.10. The van der Waals surface area contributed by atoms with E-state index in [-0.39, 0.29) is 29.9 Å². The molecule has 3 N–H and O–H groups in total. The van der Waals surface area contributed by atoms with Crippen molar-refractivity contribution in [1.29, 1.82) is 0 Å². The molecule has 0 aliphatic carbocycles. The Morgan fingerprint density at radius 3 is 2.54 bits per heavy atom. The molecule has 3 atom stereocenters. The van der Waals surface area contributed by atoms with E-state index in [4.69, 9.17) is 5.73 Å². The van der Waals surface area contributed by atoms with Crippen molar-refractivity contribution in [3.8, 4) is 0 Å². The third-order valence-corrected chi connectivity index (χ3v) is 5.04. The van der Waals surface area contributed by atoms with Crippen molar-refractivity contribution in [2.24, 2.45) is 5.73 Å². The molecule has 1 fully saturated rings. The van der Waals surface area contributed by atoms with Crippen LogP contribution in [-0.2, 0) is 9.59 Å². The fraction of sp³-hybridized carbons (Fsp3) is 0.333. The number of halogens is 2. The summed E-state index contributed by atoms with van der Waals surface area (Å²) in [7, 11) is 0. The number of nitrogens with two attached hydrogens (primary N) is 1. The molecular formula is C21H23F2N3O2. The number of rotatable bonds is 5. The summed E-state index contributed by atoms with van der Waals surface area (Å²) in [6.45, 7) is 2.13. The largest absolute Gasteiger partial charge is 0.349 e. The second-order valence-electron chi connectivity index (χ2n) is 7.10. The molecule has 1 aliphatic heterocycles. The predicted octanol–water partition coefficient (Wildman–Crippen LogP) is 2.49. The van der Waals surface area contributed by atoms with Gasteiger partial charge in [-0.15, -0.1) is 0 Å². The van der Waals surface area contributed by atoms with Crippen LogP contribution in [0.4, 0.5) is 8.78 Å². The standard InChI is InChI=1S/C21H23F2N3O2/c1-13(27)25-20(16-8-7-15(22)9-18(16)23)10-21(28)26-11-17(19(24)12-26)14-5-3-2-4-6-14/h2-9,17,19-20H,10-12,24H2,1H3,(H,25,27)/t17-,19+,20?/m0/s1. The summed E-state index contributed by atoms with van der Waals surface area (Å²) in [5.74, 6) is -2.14. The molecule has 148 valence electrons. The zero-order chi connectivity index (χ0) is 20.3. The molecule has 5 nitrogen and oxygen atoms in total. The molecule has 1 saturated heterocycles. The maximum Gasteiger partial charge on any atom is 0.225 e. The monoisotopic (exact) mass is 387 g/mol.